The number of hydrogen-bond acceptors (Lipinski definition) is 1. The van der Waals surface area contributed by atoms with Crippen molar-refractivity contribution in [3.8, 4) is 0 Å². The van der Waals surface area contributed by atoms with Gasteiger partial charge >= 0.3 is 0 Å². The maximum absolute atomic E-state index is 6.15. The summed E-state index contributed by atoms with van der Waals surface area (Å²) in [5.41, 5.74) is 9.25. The molecule has 2 atom stereocenters. The highest BCUT2D eigenvalue weighted by atomic mass is 35.5. The molecule has 0 spiro atoms. The minimum atomic E-state index is 0.165. The van der Waals surface area contributed by atoms with Crippen molar-refractivity contribution in [2.24, 2.45) is 0 Å². The fourth-order valence-corrected chi connectivity index (χ4v) is 2.46. The van der Waals surface area contributed by atoms with Gasteiger partial charge in [-0.05, 0) is 29.5 Å². The lowest BCUT2D eigenvalue weighted by molar-refractivity contribution is 0.734. The Bertz CT molecular complexity index is 309. The zero-order valence-electron chi connectivity index (χ0n) is 7.05. The van der Waals surface area contributed by atoms with Crippen molar-refractivity contribution in [3.05, 3.63) is 29.3 Å². The van der Waals surface area contributed by atoms with E-state index in [1.807, 2.05) is 12.1 Å². The van der Waals surface area contributed by atoms with Crippen LogP contribution in [-0.4, -0.2) is 0 Å². The second-order valence-electron chi connectivity index (χ2n) is 3.45. The van der Waals surface area contributed by atoms with Gasteiger partial charge in [-0.2, -0.15) is 0 Å². The van der Waals surface area contributed by atoms with Gasteiger partial charge in [-0.25, -0.2) is 0 Å². The number of benzene rings is 1. The first kappa shape index (κ1) is 7.93. The number of hydrogen-bond donors (Lipinski definition) is 1. The Morgan fingerprint density at radius 1 is 1.50 bits per heavy atom. The van der Waals surface area contributed by atoms with Crippen LogP contribution in [0.5, 0.6) is 0 Å². The summed E-state index contributed by atoms with van der Waals surface area (Å²) in [5.74, 6) is 0.517. The molecule has 2 heteroatoms. The second-order valence-corrected chi connectivity index (χ2v) is 3.98. The highest BCUT2D eigenvalue weighted by Gasteiger charge is 2.27. The Balaban J connectivity index is 2.59. The molecule has 2 rings (SSSR count). The molecule has 1 aromatic rings. The van der Waals surface area contributed by atoms with Crippen LogP contribution in [0.25, 0.3) is 0 Å². The van der Waals surface area contributed by atoms with E-state index in [2.05, 4.69) is 13.0 Å². The van der Waals surface area contributed by atoms with Crippen molar-refractivity contribution in [2.75, 3.05) is 5.73 Å². The molecule has 0 radical (unpaired) electrons. The summed E-state index contributed by atoms with van der Waals surface area (Å²) in [7, 11) is 0. The van der Waals surface area contributed by atoms with E-state index in [1.165, 1.54) is 11.1 Å². The number of halogens is 1. The van der Waals surface area contributed by atoms with Gasteiger partial charge in [-0.1, -0.05) is 19.1 Å². The van der Waals surface area contributed by atoms with Crippen LogP contribution in [0.4, 0.5) is 5.69 Å². The molecule has 0 bridgehead atoms. The lowest BCUT2D eigenvalue weighted by Crippen LogP contribution is -1.95. The van der Waals surface area contributed by atoms with Crippen molar-refractivity contribution >= 4 is 17.3 Å². The van der Waals surface area contributed by atoms with Gasteiger partial charge in [-0.3, -0.25) is 0 Å². The molecular weight excluding hydrogens is 170 g/mol. The van der Waals surface area contributed by atoms with Crippen LogP contribution in [0, 0.1) is 0 Å². The van der Waals surface area contributed by atoms with Crippen LogP contribution in [0.3, 0.4) is 0 Å². The number of fused-ring (bicyclic) bond motifs is 1. The van der Waals surface area contributed by atoms with Gasteiger partial charge in [0.25, 0.3) is 0 Å². The molecule has 1 aromatic carbocycles. The maximum atomic E-state index is 6.15. The predicted octanol–water partition coefficient (Wildman–Crippen LogP) is 3.06. The molecule has 1 nitrogen and oxygen atoms in total. The molecule has 0 aromatic heterocycles. The molecule has 1 aliphatic carbocycles. The fraction of sp³-hybridized carbons (Fsp3) is 0.400. The fourth-order valence-electron chi connectivity index (χ4n) is 2.00. The minimum absolute atomic E-state index is 0.165. The van der Waals surface area contributed by atoms with Gasteiger partial charge < -0.3 is 5.73 Å². The Morgan fingerprint density at radius 3 is 2.92 bits per heavy atom. The largest absolute Gasteiger partial charge is 0.398 e. The van der Waals surface area contributed by atoms with E-state index in [1.54, 1.807) is 0 Å². The third kappa shape index (κ3) is 1.00. The summed E-state index contributed by atoms with van der Waals surface area (Å²) in [5, 5.41) is 0.165. The summed E-state index contributed by atoms with van der Waals surface area (Å²) in [4.78, 5) is 0. The van der Waals surface area contributed by atoms with E-state index in [0.29, 0.717) is 5.92 Å². The number of anilines is 1. The first-order chi connectivity index (χ1) is 5.70. The molecular formula is C10H12ClN. The van der Waals surface area contributed by atoms with Crippen LogP contribution >= 0.6 is 11.6 Å². The lowest BCUT2D eigenvalue weighted by atomic mass is 10.0. The number of nitrogens with two attached hydrogens (primary N) is 1. The van der Waals surface area contributed by atoms with Gasteiger partial charge in [0.15, 0.2) is 0 Å². The van der Waals surface area contributed by atoms with Crippen LogP contribution in [0.1, 0.15) is 35.8 Å². The summed E-state index contributed by atoms with van der Waals surface area (Å²) in [6.45, 7) is 2.18. The Morgan fingerprint density at radius 2 is 2.25 bits per heavy atom. The average Bonchev–Trinajstić information content (AvgIpc) is 2.29. The molecule has 64 valence electrons. The third-order valence-electron chi connectivity index (χ3n) is 2.56. The van der Waals surface area contributed by atoms with Crippen molar-refractivity contribution in [1.82, 2.24) is 0 Å². The highest BCUT2D eigenvalue weighted by molar-refractivity contribution is 6.21. The number of rotatable bonds is 0. The lowest BCUT2D eigenvalue weighted by Gasteiger charge is -2.06. The maximum Gasteiger partial charge on any atom is 0.0594 e. The quantitative estimate of drug-likeness (QED) is 0.483. The minimum Gasteiger partial charge on any atom is -0.398 e. The van der Waals surface area contributed by atoms with E-state index in [-0.39, 0.29) is 5.38 Å². The second kappa shape index (κ2) is 2.67. The van der Waals surface area contributed by atoms with E-state index >= 15 is 0 Å². The monoisotopic (exact) mass is 181 g/mol. The van der Waals surface area contributed by atoms with Gasteiger partial charge in [0.2, 0.25) is 0 Å². The van der Waals surface area contributed by atoms with Gasteiger partial charge in [-0.15, -0.1) is 11.6 Å². The van der Waals surface area contributed by atoms with Crippen LogP contribution in [0.2, 0.25) is 0 Å². The average molecular weight is 182 g/mol. The topological polar surface area (TPSA) is 26.0 Å². The van der Waals surface area contributed by atoms with E-state index in [0.717, 1.165) is 12.1 Å². The SMILES string of the molecule is CC1CC(Cl)c2cccc(N)c21. The highest BCUT2D eigenvalue weighted by Crippen LogP contribution is 2.45. The summed E-state index contributed by atoms with van der Waals surface area (Å²) < 4.78 is 0. The normalized spacial score (nSPS) is 27.2. The van der Waals surface area contributed by atoms with Gasteiger partial charge in [0.1, 0.15) is 0 Å². The van der Waals surface area contributed by atoms with Crippen LogP contribution < -0.4 is 5.73 Å². The number of nitrogen functional groups attached to an aromatic ring is 1. The molecule has 0 aliphatic heterocycles. The van der Waals surface area contributed by atoms with Crippen molar-refractivity contribution < 1.29 is 0 Å². The van der Waals surface area contributed by atoms with E-state index in [9.17, 15) is 0 Å². The molecule has 0 fully saturated rings. The molecule has 0 saturated carbocycles. The van der Waals surface area contributed by atoms with Crippen LogP contribution in [-0.2, 0) is 0 Å². The summed E-state index contributed by atoms with van der Waals surface area (Å²) in [6, 6.07) is 6.00. The Hall–Kier alpha value is -0.690. The first-order valence-electron chi connectivity index (χ1n) is 4.22. The molecule has 12 heavy (non-hydrogen) atoms. The zero-order chi connectivity index (χ0) is 8.72. The smallest absolute Gasteiger partial charge is 0.0594 e. The number of alkyl halides is 1. The molecule has 0 saturated heterocycles. The summed E-state index contributed by atoms with van der Waals surface area (Å²) >= 11 is 6.15. The van der Waals surface area contributed by atoms with Crippen molar-refractivity contribution in [1.29, 1.82) is 0 Å². The predicted molar refractivity (Wildman–Crippen MR) is 52.5 cm³/mol. The van der Waals surface area contributed by atoms with Crippen molar-refractivity contribution in [3.63, 3.8) is 0 Å². The molecule has 0 heterocycles. The molecule has 2 unspecified atom stereocenters. The Kier molecular flexibility index (Phi) is 1.76. The first-order valence-corrected chi connectivity index (χ1v) is 4.66. The molecule has 2 N–H and O–H groups in total. The third-order valence-corrected chi connectivity index (χ3v) is 2.98. The molecule has 1 aliphatic rings. The standard InChI is InChI=1S/C10H12ClN/c1-6-5-8(11)7-3-2-4-9(12)10(6)7/h2-4,6,8H,5,12H2,1H3. The van der Waals surface area contributed by atoms with E-state index in [4.69, 9.17) is 17.3 Å². The van der Waals surface area contributed by atoms with Crippen molar-refractivity contribution in [2.45, 2.75) is 24.6 Å². The molecule has 0 amide bonds. The zero-order valence-corrected chi connectivity index (χ0v) is 7.81. The van der Waals surface area contributed by atoms with Gasteiger partial charge in [0.05, 0.1) is 5.38 Å². The van der Waals surface area contributed by atoms with E-state index < -0.39 is 0 Å². The van der Waals surface area contributed by atoms with Gasteiger partial charge in [0, 0.05) is 5.69 Å². The summed E-state index contributed by atoms with van der Waals surface area (Å²) in [6.07, 6.45) is 1.02. The Labute approximate surface area is 77.5 Å². The van der Waals surface area contributed by atoms with Crippen LogP contribution in [0.15, 0.2) is 18.2 Å².